The minimum absolute atomic E-state index is 0.495. The molecule has 0 aromatic heterocycles. The molecule has 0 bridgehead atoms. The van der Waals surface area contributed by atoms with Gasteiger partial charge in [0.15, 0.2) is 0 Å². The lowest BCUT2D eigenvalue weighted by molar-refractivity contribution is 0.808. The summed E-state index contributed by atoms with van der Waals surface area (Å²) < 4.78 is 0. The molecule has 1 aromatic carbocycles. The average Bonchev–Trinajstić information content (AvgIpc) is 2.72. The van der Waals surface area contributed by atoms with Gasteiger partial charge >= 0.3 is 0 Å². The molecule has 1 aliphatic carbocycles. The summed E-state index contributed by atoms with van der Waals surface area (Å²) in [6, 6.07) is 8.71. The zero-order valence-corrected chi connectivity index (χ0v) is 14.0. The van der Waals surface area contributed by atoms with Crippen molar-refractivity contribution in [1.29, 1.82) is 0 Å². The molecule has 1 unspecified atom stereocenters. The second-order valence-electron chi connectivity index (χ2n) is 6.04. The van der Waals surface area contributed by atoms with Crippen LogP contribution in [0.15, 0.2) is 46.5 Å². The molecule has 1 nitrogen and oxygen atoms in total. The van der Waals surface area contributed by atoms with E-state index in [1.54, 1.807) is 0 Å². The van der Waals surface area contributed by atoms with Crippen molar-refractivity contribution in [3.8, 4) is 0 Å². The Hall–Kier alpha value is -1.63. The molecular weight excluding hydrogens is 254 g/mol. The molecule has 21 heavy (non-hydrogen) atoms. The van der Waals surface area contributed by atoms with Gasteiger partial charge in [-0.3, -0.25) is 4.99 Å². The van der Waals surface area contributed by atoms with Gasteiger partial charge < -0.3 is 0 Å². The van der Waals surface area contributed by atoms with Crippen LogP contribution >= 0.6 is 0 Å². The predicted molar refractivity (Wildman–Crippen MR) is 93.9 cm³/mol. The zero-order valence-electron chi connectivity index (χ0n) is 14.0. The maximum Gasteiger partial charge on any atom is 0.0395 e. The molecule has 1 atom stereocenters. The number of aliphatic imine (C=N–C) groups is 1. The third-order valence-corrected chi connectivity index (χ3v) is 4.42. The van der Waals surface area contributed by atoms with Gasteiger partial charge in [0.25, 0.3) is 0 Å². The maximum absolute atomic E-state index is 4.76. The van der Waals surface area contributed by atoms with Crippen molar-refractivity contribution in [3.05, 3.63) is 52.6 Å². The number of rotatable bonds is 5. The second-order valence-corrected chi connectivity index (χ2v) is 6.04. The first-order valence-electron chi connectivity index (χ1n) is 8.06. The Balaban J connectivity index is 2.41. The van der Waals surface area contributed by atoms with Gasteiger partial charge in [-0.15, -0.1) is 0 Å². The van der Waals surface area contributed by atoms with Gasteiger partial charge in [-0.2, -0.15) is 0 Å². The first kappa shape index (κ1) is 15.8. The molecule has 1 aliphatic rings. The van der Waals surface area contributed by atoms with Gasteiger partial charge in [0.2, 0.25) is 0 Å². The molecule has 0 aliphatic heterocycles. The van der Waals surface area contributed by atoms with Crippen molar-refractivity contribution in [2.24, 2.45) is 10.9 Å². The predicted octanol–water partition coefficient (Wildman–Crippen LogP) is 5.67. The SMILES string of the molecule is CCCC/N=C(\C)c1ccccc1C1=C(C)C(C)=CC1C. The van der Waals surface area contributed by atoms with Crippen molar-refractivity contribution in [3.63, 3.8) is 0 Å². The van der Waals surface area contributed by atoms with Crippen molar-refractivity contribution in [1.82, 2.24) is 0 Å². The molecule has 0 saturated heterocycles. The lowest BCUT2D eigenvalue weighted by Crippen LogP contribution is -2.04. The van der Waals surface area contributed by atoms with E-state index in [9.17, 15) is 0 Å². The van der Waals surface area contributed by atoms with E-state index in [2.05, 4.69) is 65.0 Å². The van der Waals surface area contributed by atoms with Crippen LogP contribution < -0.4 is 0 Å². The van der Waals surface area contributed by atoms with E-state index in [1.807, 2.05) is 0 Å². The topological polar surface area (TPSA) is 12.4 Å². The van der Waals surface area contributed by atoms with Gasteiger partial charge in [-0.05, 0) is 43.9 Å². The monoisotopic (exact) mass is 281 g/mol. The third-order valence-electron chi connectivity index (χ3n) is 4.42. The molecule has 1 heteroatoms. The highest BCUT2D eigenvalue weighted by Crippen LogP contribution is 2.38. The van der Waals surface area contributed by atoms with E-state index in [4.69, 9.17) is 4.99 Å². The summed E-state index contributed by atoms with van der Waals surface area (Å²) in [5.74, 6) is 0.495. The van der Waals surface area contributed by atoms with Crippen LogP contribution in [0.1, 0.15) is 58.6 Å². The van der Waals surface area contributed by atoms with Gasteiger partial charge in [0.05, 0.1) is 0 Å². The molecule has 1 aromatic rings. The fourth-order valence-corrected chi connectivity index (χ4v) is 3.11. The number of hydrogen-bond acceptors (Lipinski definition) is 1. The molecule has 0 spiro atoms. The fraction of sp³-hybridized carbons (Fsp3) is 0.450. The number of nitrogens with zero attached hydrogens (tertiary/aromatic N) is 1. The highest BCUT2D eigenvalue weighted by Gasteiger charge is 2.21. The molecular formula is C20H27N. The van der Waals surface area contributed by atoms with Crippen LogP contribution in [0.5, 0.6) is 0 Å². The lowest BCUT2D eigenvalue weighted by Gasteiger charge is -2.16. The summed E-state index contributed by atoms with van der Waals surface area (Å²) in [6.45, 7) is 12.0. The van der Waals surface area contributed by atoms with E-state index < -0.39 is 0 Å². The van der Waals surface area contributed by atoms with E-state index in [0.717, 1.165) is 18.7 Å². The van der Waals surface area contributed by atoms with Gasteiger partial charge in [0.1, 0.15) is 0 Å². The Labute approximate surface area is 129 Å². The van der Waals surface area contributed by atoms with Crippen molar-refractivity contribution in [2.75, 3.05) is 6.54 Å². The van der Waals surface area contributed by atoms with Crippen LogP contribution in [0.2, 0.25) is 0 Å². The lowest BCUT2D eigenvalue weighted by atomic mass is 9.89. The van der Waals surface area contributed by atoms with Crippen LogP contribution in [-0.2, 0) is 0 Å². The van der Waals surface area contributed by atoms with E-state index in [1.165, 1.54) is 34.3 Å². The molecule has 0 N–H and O–H groups in total. The Morgan fingerprint density at radius 1 is 1.19 bits per heavy atom. The Bertz CT molecular complexity index is 602. The first-order chi connectivity index (χ1) is 10.1. The molecule has 0 fully saturated rings. The van der Waals surface area contributed by atoms with E-state index in [0.29, 0.717) is 5.92 Å². The number of allylic oxidation sites excluding steroid dienone is 4. The van der Waals surface area contributed by atoms with Crippen molar-refractivity contribution in [2.45, 2.75) is 47.5 Å². The molecule has 0 saturated carbocycles. The number of hydrogen-bond donors (Lipinski definition) is 0. The highest BCUT2D eigenvalue weighted by atomic mass is 14.7. The normalized spacial score (nSPS) is 19.2. The molecule has 0 amide bonds. The minimum atomic E-state index is 0.495. The summed E-state index contributed by atoms with van der Waals surface area (Å²) in [5, 5.41) is 0. The van der Waals surface area contributed by atoms with Crippen LogP contribution in [-0.4, -0.2) is 12.3 Å². The quantitative estimate of drug-likeness (QED) is 0.487. The molecule has 2 rings (SSSR count). The molecule has 0 heterocycles. The first-order valence-corrected chi connectivity index (χ1v) is 8.06. The summed E-state index contributed by atoms with van der Waals surface area (Å²) in [7, 11) is 0. The Morgan fingerprint density at radius 2 is 1.90 bits per heavy atom. The van der Waals surface area contributed by atoms with Crippen LogP contribution in [0.25, 0.3) is 5.57 Å². The van der Waals surface area contributed by atoms with Gasteiger partial charge in [-0.25, -0.2) is 0 Å². The van der Waals surface area contributed by atoms with Crippen LogP contribution in [0.4, 0.5) is 0 Å². The summed E-state index contributed by atoms with van der Waals surface area (Å²) in [4.78, 5) is 4.76. The smallest absolute Gasteiger partial charge is 0.0395 e. The highest BCUT2D eigenvalue weighted by molar-refractivity contribution is 6.03. The minimum Gasteiger partial charge on any atom is -0.289 e. The maximum atomic E-state index is 4.76. The number of benzene rings is 1. The van der Waals surface area contributed by atoms with Crippen LogP contribution in [0.3, 0.4) is 0 Å². The Kier molecular flexibility index (Phi) is 5.17. The average molecular weight is 281 g/mol. The van der Waals surface area contributed by atoms with E-state index in [-0.39, 0.29) is 0 Å². The van der Waals surface area contributed by atoms with E-state index >= 15 is 0 Å². The summed E-state index contributed by atoms with van der Waals surface area (Å²) in [6.07, 6.45) is 4.73. The summed E-state index contributed by atoms with van der Waals surface area (Å²) >= 11 is 0. The van der Waals surface area contributed by atoms with Gasteiger partial charge in [0, 0.05) is 23.7 Å². The Morgan fingerprint density at radius 3 is 2.52 bits per heavy atom. The second kappa shape index (κ2) is 6.89. The van der Waals surface area contributed by atoms with Crippen LogP contribution in [0, 0.1) is 5.92 Å². The summed E-state index contributed by atoms with van der Waals surface area (Å²) in [5.41, 5.74) is 8.11. The zero-order chi connectivity index (χ0) is 15.4. The largest absolute Gasteiger partial charge is 0.289 e. The fourth-order valence-electron chi connectivity index (χ4n) is 3.11. The van der Waals surface area contributed by atoms with Crippen molar-refractivity contribution < 1.29 is 0 Å². The number of unbranched alkanes of at least 4 members (excludes halogenated alkanes) is 1. The standard InChI is InChI=1S/C20H27N/c1-6-7-12-21-17(5)18-10-8-9-11-19(18)20-15(3)13-14(2)16(20)4/h8-11,13,15H,6-7,12H2,1-5H3/b21-17+. The molecule has 0 radical (unpaired) electrons. The van der Waals surface area contributed by atoms with Crippen molar-refractivity contribution >= 4 is 11.3 Å². The third kappa shape index (κ3) is 3.34. The molecule has 112 valence electrons. The van der Waals surface area contributed by atoms with Gasteiger partial charge in [-0.1, -0.05) is 56.2 Å².